The Labute approximate surface area is 121 Å². The van der Waals surface area contributed by atoms with Gasteiger partial charge in [0.05, 0.1) is 4.90 Å². The van der Waals surface area contributed by atoms with Crippen LogP contribution < -0.4 is 5.32 Å². The van der Waals surface area contributed by atoms with E-state index in [1.807, 2.05) is 12.1 Å². The first-order chi connectivity index (χ1) is 9.16. The summed E-state index contributed by atoms with van der Waals surface area (Å²) in [5.41, 5.74) is 2.71. The maximum Gasteiger partial charge on any atom is 0.175 e. The topological polar surface area (TPSA) is 46.2 Å². The lowest BCUT2D eigenvalue weighted by atomic mass is 9.51. The monoisotopic (exact) mass is 293 g/mol. The number of hydrogen-bond donors (Lipinski definition) is 1. The smallest absolute Gasteiger partial charge is 0.175 e. The lowest BCUT2D eigenvalue weighted by Crippen LogP contribution is -2.62. The molecule has 0 radical (unpaired) electrons. The standard InChI is InChI=1S/C16H23NO2S/c1-15(2)14-9-11-5-6-12(20(4,18)19)10-13(11)16(15,3)7-8-17-14/h5-6,10,14,17H,7-9H2,1-4H3/t14-,16-/m0/s1. The van der Waals surface area contributed by atoms with Gasteiger partial charge in [0, 0.05) is 17.7 Å². The minimum Gasteiger partial charge on any atom is -0.313 e. The average Bonchev–Trinajstić information content (AvgIpc) is 2.32. The van der Waals surface area contributed by atoms with Crippen LogP contribution in [0.3, 0.4) is 0 Å². The second-order valence-electron chi connectivity index (χ2n) is 7.11. The molecule has 1 aliphatic carbocycles. The van der Waals surface area contributed by atoms with Crippen LogP contribution in [-0.4, -0.2) is 27.3 Å². The molecular weight excluding hydrogens is 270 g/mol. The number of hydrogen-bond acceptors (Lipinski definition) is 3. The zero-order valence-corrected chi connectivity index (χ0v) is 13.5. The minimum atomic E-state index is -3.14. The maximum absolute atomic E-state index is 11.8. The summed E-state index contributed by atoms with van der Waals surface area (Å²) in [5.74, 6) is 0. The van der Waals surface area contributed by atoms with Crippen molar-refractivity contribution in [2.75, 3.05) is 12.8 Å². The van der Waals surface area contributed by atoms with Crippen molar-refractivity contribution in [1.82, 2.24) is 5.32 Å². The second-order valence-corrected chi connectivity index (χ2v) is 9.12. The van der Waals surface area contributed by atoms with E-state index in [2.05, 4.69) is 26.1 Å². The maximum atomic E-state index is 11.8. The van der Waals surface area contributed by atoms with Crippen LogP contribution in [0, 0.1) is 5.41 Å². The number of nitrogens with one attached hydrogen (secondary N) is 1. The Kier molecular flexibility index (Phi) is 2.87. The summed E-state index contributed by atoms with van der Waals surface area (Å²) >= 11 is 0. The van der Waals surface area contributed by atoms with Gasteiger partial charge in [0.2, 0.25) is 0 Å². The Morgan fingerprint density at radius 1 is 1.25 bits per heavy atom. The summed E-state index contributed by atoms with van der Waals surface area (Å²) in [6, 6.07) is 6.16. The van der Waals surface area contributed by atoms with Gasteiger partial charge in [0.25, 0.3) is 0 Å². The average molecular weight is 293 g/mol. The molecule has 1 saturated heterocycles. The van der Waals surface area contributed by atoms with E-state index in [4.69, 9.17) is 0 Å². The fourth-order valence-corrected chi connectivity index (χ4v) is 4.61. The Bertz CT molecular complexity index is 663. The molecule has 4 heteroatoms. The molecule has 20 heavy (non-hydrogen) atoms. The molecule has 1 aliphatic heterocycles. The van der Waals surface area contributed by atoms with Crippen LogP contribution in [-0.2, 0) is 21.7 Å². The molecule has 2 aliphatic rings. The van der Waals surface area contributed by atoms with Crippen LogP contribution in [0.1, 0.15) is 38.3 Å². The third-order valence-corrected chi connectivity index (χ3v) is 6.95. The number of fused-ring (bicyclic) bond motifs is 4. The van der Waals surface area contributed by atoms with Crippen molar-refractivity contribution in [2.45, 2.75) is 50.0 Å². The van der Waals surface area contributed by atoms with Crippen molar-refractivity contribution in [3.05, 3.63) is 29.3 Å². The van der Waals surface area contributed by atoms with Crippen molar-refractivity contribution in [1.29, 1.82) is 0 Å². The highest BCUT2D eigenvalue weighted by atomic mass is 32.2. The molecule has 1 aromatic carbocycles. The normalized spacial score (nSPS) is 31.7. The van der Waals surface area contributed by atoms with Crippen LogP contribution in [0.15, 0.2) is 23.1 Å². The van der Waals surface area contributed by atoms with Crippen molar-refractivity contribution < 1.29 is 8.42 Å². The molecular formula is C16H23NO2S. The molecule has 0 amide bonds. The summed E-state index contributed by atoms with van der Waals surface area (Å²) in [4.78, 5) is 0.449. The third-order valence-electron chi connectivity index (χ3n) is 5.84. The second kappa shape index (κ2) is 4.08. The van der Waals surface area contributed by atoms with Crippen molar-refractivity contribution in [2.24, 2.45) is 5.41 Å². The summed E-state index contributed by atoms with van der Waals surface area (Å²) in [6.45, 7) is 7.91. The number of piperidine rings is 1. The van der Waals surface area contributed by atoms with Gasteiger partial charge in [-0.15, -0.1) is 0 Å². The van der Waals surface area contributed by atoms with E-state index in [1.54, 1.807) is 6.07 Å². The van der Waals surface area contributed by atoms with Gasteiger partial charge in [-0.2, -0.15) is 0 Å². The van der Waals surface area contributed by atoms with E-state index in [0.717, 1.165) is 19.4 Å². The van der Waals surface area contributed by atoms with Gasteiger partial charge >= 0.3 is 0 Å². The van der Waals surface area contributed by atoms with E-state index in [1.165, 1.54) is 17.4 Å². The zero-order chi connectivity index (χ0) is 14.8. The van der Waals surface area contributed by atoms with Crippen molar-refractivity contribution >= 4 is 9.84 Å². The van der Waals surface area contributed by atoms with Crippen molar-refractivity contribution in [3.63, 3.8) is 0 Å². The van der Waals surface area contributed by atoms with E-state index in [0.29, 0.717) is 10.9 Å². The zero-order valence-electron chi connectivity index (χ0n) is 12.7. The number of sulfone groups is 1. The van der Waals surface area contributed by atoms with E-state index >= 15 is 0 Å². The Morgan fingerprint density at radius 3 is 2.60 bits per heavy atom. The molecule has 110 valence electrons. The number of rotatable bonds is 1. The Hall–Kier alpha value is -0.870. The molecule has 1 heterocycles. The molecule has 0 aromatic heterocycles. The molecule has 3 rings (SSSR count). The lowest BCUT2D eigenvalue weighted by Gasteiger charge is -2.57. The Morgan fingerprint density at radius 2 is 1.95 bits per heavy atom. The van der Waals surface area contributed by atoms with Crippen LogP contribution in [0.4, 0.5) is 0 Å². The highest BCUT2D eigenvalue weighted by Crippen LogP contribution is 2.53. The van der Waals surface area contributed by atoms with Gasteiger partial charge in [0.15, 0.2) is 9.84 Å². The SMILES string of the molecule is CC1(C)[C@@H]2Cc3ccc(S(C)(=O)=O)cc3[C@]1(C)CCN2. The lowest BCUT2D eigenvalue weighted by molar-refractivity contribution is 0.0557. The first-order valence-electron chi connectivity index (χ1n) is 7.23. The summed E-state index contributed by atoms with van der Waals surface area (Å²) < 4.78 is 23.7. The van der Waals surface area contributed by atoms with Crippen LogP contribution >= 0.6 is 0 Å². The first-order valence-corrected chi connectivity index (χ1v) is 9.12. The molecule has 0 spiro atoms. The molecule has 1 aromatic rings. The van der Waals surface area contributed by atoms with Gasteiger partial charge in [-0.25, -0.2) is 8.42 Å². The molecule has 1 fully saturated rings. The predicted molar refractivity (Wildman–Crippen MR) is 80.8 cm³/mol. The van der Waals surface area contributed by atoms with Gasteiger partial charge in [-0.3, -0.25) is 0 Å². The molecule has 2 bridgehead atoms. The molecule has 0 unspecified atom stereocenters. The van der Waals surface area contributed by atoms with Gasteiger partial charge < -0.3 is 5.32 Å². The molecule has 1 N–H and O–H groups in total. The first kappa shape index (κ1) is 14.1. The van der Waals surface area contributed by atoms with Crippen LogP contribution in [0.2, 0.25) is 0 Å². The van der Waals surface area contributed by atoms with E-state index in [9.17, 15) is 8.42 Å². The van der Waals surface area contributed by atoms with E-state index < -0.39 is 9.84 Å². The summed E-state index contributed by atoms with van der Waals surface area (Å²) in [5, 5.41) is 3.63. The van der Waals surface area contributed by atoms with Gasteiger partial charge in [0.1, 0.15) is 0 Å². The van der Waals surface area contributed by atoms with Crippen molar-refractivity contribution in [3.8, 4) is 0 Å². The van der Waals surface area contributed by atoms with Crippen LogP contribution in [0.5, 0.6) is 0 Å². The molecule has 3 nitrogen and oxygen atoms in total. The fraction of sp³-hybridized carbons (Fsp3) is 0.625. The van der Waals surface area contributed by atoms with Gasteiger partial charge in [-0.05, 0) is 48.1 Å². The quantitative estimate of drug-likeness (QED) is 0.864. The fourth-order valence-electron chi connectivity index (χ4n) is 3.97. The largest absolute Gasteiger partial charge is 0.313 e. The highest BCUT2D eigenvalue weighted by molar-refractivity contribution is 7.90. The van der Waals surface area contributed by atoms with Crippen LogP contribution in [0.25, 0.3) is 0 Å². The highest BCUT2D eigenvalue weighted by Gasteiger charge is 2.53. The summed E-state index contributed by atoms with van der Waals surface area (Å²) in [7, 11) is -3.14. The minimum absolute atomic E-state index is 0.0389. The van der Waals surface area contributed by atoms with Gasteiger partial charge in [-0.1, -0.05) is 26.8 Å². The summed E-state index contributed by atoms with van der Waals surface area (Å²) in [6.07, 6.45) is 3.33. The van der Waals surface area contributed by atoms with E-state index in [-0.39, 0.29) is 10.8 Å². The molecule has 0 saturated carbocycles. The Balaban J connectivity index is 2.24. The third kappa shape index (κ3) is 1.77. The molecule has 2 atom stereocenters. The number of benzene rings is 1. The predicted octanol–water partition coefficient (Wildman–Crippen LogP) is 2.29.